The predicted octanol–water partition coefficient (Wildman–Crippen LogP) is 4.87. The Morgan fingerprint density at radius 1 is 1.14 bits per heavy atom. The third-order valence-electron chi connectivity index (χ3n) is 4.99. The van der Waals surface area contributed by atoms with Crippen LogP contribution in [-0.4, -0.2) is 19.7 Å². The Balaban J connectivity index is 1.99. The van der Waals surface area contributed by atoms with E-state index in [4.69, 9.17) is 19.9 Å². The van der Waals surface area contributed by atoms with Crippen molar-refractivity contribution in [1.29, 1.82) is 0 Å². The molecular formula is C23H20BrNO4. The van der Waals surface area contributed by atoms with Gasteiger partial charge in [-0.3, -0.25) is 0 Å². The van der Waals surface area contributed by atoms with Gasteiger partial charge in [0.15, 0.2) is 0 Å². The lowest BCUT2D eigenvalue weighted by atomic mass is 9.80. The number of esters is 1. The standard InChI is InChI=1S/C23H20BrNO4/c1-3-28-23(26)21-19(13-4-8-16(27-2)9-5-13)20-17-10-7-15(24)12-14(17)6-11-18(20)29-22(21)25/h4-12,19H,3,25H2,1-2H3. The Morgan fingerprint density at radius 2 is 1.90 bits per heavy atom. The minimum atomic E-state index is -0.481. The molecule has 5 nitrogen and oxygen atoms in total. The molecule has 0 spiro atoms. The maximum Gasteiger partial charge on any atom is 0.340 e. The number of benzene rings is 3. The van der Waals surface area contributed by atoms with Crippen molar-refractivity contribution >= 4 is 32.7 Å². The van der Waals surface area contributed by atoms with Gasteiger partial charge in [0.1, 0.15) is 17.1 Å². The van der Waals surface area contributed by atoms with Gasteiger partial charge in [-0.1, -0.05) is 40.2 Å². The fourth-order valence-electron chi connectivity index (χ4n) is 3.71. The highest BCUT2D eigenvalue weighted by molar-refractivity contribution is 9.10. The first kappa shape index (κ1) is 19.3. The van der Waals surface area contributed by atoms with Crippen LogP contribution in [0.5, 0.6) is 11.5 Å². The summed E-state index contributed by atoms with van der Waals surface area (Å²) >= 11 is 3.52. The molecule has 0 saturated carbocycles. The number of methoxy groups -OCH3 is 1. The molecule has 3 aromatic carbocycles. The van der Waals surface area contributed by atoms with Crippen molar-refractivity contribution in [2.24, 2.45) is 5.73 Å². The molecule has 1 aliphatic heterocycles. The van der Waals surface area contributed by atoms with Crippen molar-refractivity contribution < 1.29 is 19.0 Å². The van der Waals surface area contributed by atoms with E-state index < -0.39 is 11.9 Å². The number of carbonyl (C=O) groups excluding carboxylic acids is 1. The van der Waals surface area contributed by atoms with E-state index in [1.165, 1.54) is 0 Å². The summed E-state index contributed by atoms with van der Waals surface area (Å²) in [5.41, 5.74) is 8.29. The normalized spacial score (nSPS) is 15.6. The van der Waals surface area contributed by atoms with E-state index in [1.807, 2.05) is 54.6 Å². The van der Waals surface area contributed by atoms with Crippen LogP contribution in [0, 0.1) is 0 Å². The first-order chi connectivity index (χ1) is 14.0. The van der Waals surface area contributed by atoms with E-state index in [-0.39, 0.29) is 12.5 Å². The van der Waals surface area contributed by atoms with Crippen molar-refractivity contribution in [3.8, 4) is 11.5 Å². The molecule has 148 valence electrons. The molecule has 0 aromatic heterocycles. The van der Waals surface area contributed by atoms with E-state index in [1.54, 1.807) is 14.0 Å². The fourth-order valence-corrected chi connectivity index (χ4v) is 4.09. The smallest absolute Gasteiger partial charge is 0.340 e. The molecule has 1 atom stereocenters. The third-order valence-corrected chi connectivity index (χ3v) is 5.48. The number of hydrogen-bond donors (Lipinski definition) is 1. The van der Waals surface area contributed by atoms with Gasteiger partial charge in [0.2, 0.25) is 5.88 Å². The molecular weight excluding hydrogens is 434 g/mol. The van der Waals surface area contributed by atoms with Crippen LogP contribution in [0.25, 0.3) is 10.8 Å². The maximum atomic E-state index is 12.8. The van der Waals surface area contributed by atoms with Crippen molar-refractivity contribution in [2.75, 3.05) is 13.7 Å². The molecule has 0 radical (unpaired) electrons. The number of fused-ring (bicyclic) bond motifs is 3. The summed E-state index contributed by atoms with van der Waals surface area (Å²) in [5.74, 6) is 0.524. The molecule has 1 aliphatic rings. The zero-order chi connectivity index (χ0) is 20.5. The van der Waals surface area contributed by atoms with E-state index in [2.05, 4.69) is 15.9 Å². The third kappa shape index (κ3) is 3.44. The summed E-state index contributed by atoms with van der Waals surface area (Å²) < 4.78 is 17.4. The Hall–Kier alpha value is -2.99. The van der Waals surface area contributed by atoms with Crippen LogP contribution in [0.1, 0.15) is 24.0 Å². The predicted molar refractivity (Wildman–Crippen MR) is 115 cm³/mol. The Morgan fingerprint density at radius 3 is 2.59 bits per heavy atom. The largest absolute Gasteiger partial charge is 0.497 e. The van der Waals surface area contributed by atoms with E-state index in [9.17, 15) is 4.79 Å². The zero-order valence-corrected chi connectivity index (χ0v) is 17.7. The molecule has 0 amide bonds. The van der Waals surface area contributed by atoms with Crippen molar-refractivity contribution in [1.82, 2.24) is 0 Å². The lowest BCUT2D eigenvalue weighted by Crippen LogP contribution is -2.27. The quantitative estimate of drug-likeness (QED) is 0.570. The fraction of sp³-hybridized carbons (Fsp3) is 0.174. The minimum Gasteiger partial charge on any atom is -0.497 e. The lowest BCUT2D eigenvalue weighted by Gasteiger charge is -2.29. The highest BCUT2D eigenvalue weighted by atomic mass is 79.9. The molecule has 29 heavy (non-hydrogen) atoms. The summed E-state index contributed by atoms with van der Waals surface area (Å²) in [6.07, 6.45) is 0. The SMILES string of the molecule is CCOC(=O)C1=C(N)Oc2ccc3cc(Br)ccc3c2C1c1ccc(OC)cc1. The molecule has 0 fully saturated rings. The van der Waals surface area contributed by atoms with E-state index in [0.717, 1.165) is 32.1 Å². The topological polar surface area (TPSA) is 70.8 Å². The molecule has 4 rings (SSSR count). The van der Waals surface area contributed by atoms with Gasteiger partial charge < -0.3 is 19.9 Å². The Bertz CT molecular complexity index is 1120. The average Bonchev–Trinajstić information content (AvgIpc) is 2.72. The molecule has 6 heteroatoms. The second-order valence-corrected chi connectivity index (χ2v) is 7.57. The van der Waals surface area contributed by atoms with Gasteiger partial charge in [0, 0.05) is 10.0 Å². The van der Waals surface area contributed by atoms with Crippen LogP contribution in [-0.2, 0) is 9.53 Å². The lowest BCUT2D eigenvalue weighted by molar-refractivity contribution is -0.139. The summed E-state index contributed by atoms with van der Waals surface area (Å²) in [7, 11) is 1.62. The maximum absolute atomic E-state index is 12.8. The number of carbonyl (C=O) groups is 1. The van der Waals surface area contributed by atoms with E-state index in [0.29, 0.717) is 11.3 Å². The highest BCUT2D eigenvalue weighted by Crippen LogP contribution is 2.46. The van der Waals surface area contributed by atoms with Gasteiger partial charge in [-0.15, -0.1) is 0 Å². The minimum absolute atomic E-state index is 0.0632. The Kier molecular flexibility index (Phi) is 5.20. The first-order valence-corrected chi connectivity index (χ1v) is 10.0. The number of halogens is 1. The van der Waals surface area contributed by atoms with E-state index >= 15 is 0 Å². The van der Waals surface area contributed by atoms with Crippen molar-refractivity contribution in [3.05, 3.63) is 81.7 Å². The van der Waals surface area contributed by atoms with Gasteiger partial charge in [-0.2, -0.15) is 0 Å². The summed E-state index contributed by atoms with van der Waals surface area (Å²) in [6.45, 7) is 2.02. The number of rotatable bonds is 4. The monoisotopic (exact) mass is 453 g/mol. The number of ether oxygens (including phenoxy) is 3. The van der Waals surface area contributed by atoms with Crippen LogP contribution in [0.2, 0.25) is 0 Å². The van der Waals surface area contributed by atoms with Gasteiger partial charge in [-0.25, -0.2) is 4.79 Å². The van der Waals surface area contributed by atoms with Crippen LogP contribution in [0.4, 0.5) is 0 Å². The van der Waals surface area contributed by atoms with Gasteiger partial charge in [-0.05, 0) is 53.6 Å². The second-order valence-electron chi connectivity index (χ2n) is 6.65. The molecule has 2 N–H and O–H groups in total. The molecule has 0 bridgehead atoms. The van der Waals surface area contributed by atoms with Crippen molar-refractivity contribution in [3.63, 3.8) is 0 Å². The van der Waals surface area contributed by atoms with Gasteiger partial charge >= 0.3 is 5.97 Å². The van der Waals surface area contributed by atoms with Crippen LogP contribution in [0.15, 0.2) is 70.5 Å². The molecule has 1 unspecified atom stereocenters. The molecule has 0 aliphatic carbocycles. The van der Waals surface area contributed by atoms with Gasteiger partial charge in [0.25, 0.3) is 0 Å². The summed E-state index contributed by atoms with van der Waals surface area (Å²) in [6, 6.07) is 17.5. The molecule has 3 aromatic rings. The number of nitrogens with two attached hydrogens (primary N) is 1. The highest BCUT2D eigenvalue weighted by Gasteiger charge is 2.36. The van der Waals surface area contributed by atoms with Crippen LogP contribution >= 0.6 is 15.9 Å². The average molecular weight is 454 g/mol. The zero-order valence-electron chi connectivity index (χ0n) is 16.1. The summed E-state index contributed by atoms with van der Waals surface area (Å²) in [4.78, 5) is 12.8. The Labute approximate surface area is 177 Å². The first-order valence-electron chi connectivity index (χ1n) is 9.24. The van der Waals surface area contributed by atoms with Crippen LogP contribution < -0.4 is 15.2 Å². The second kappa shape index (κ2) is 7.79. The summed E-state index contributed by atoms with van der Waals surface area (Å²) in [5, 5.41) is 2.02. The van der Waals surface area contributed by atoms with Gasteiger partial charge in [0.05, 0.1) is 19.6 Å². The molecule has 1 heterocycles. The molecule has 0 saturated heterocycles. The number of hydrogen-bond acceptors (Lipinski definition) is 5. The van der Waals surface area contributed by atoms with Crippen LogP contribution in [0.3, 0.4) is 0 Å². The van der Waals surface area contributed by atoms with Crippen molar-refractivity contribution in [2.45, 2.75) is 12.8 Å².